The van der Waals surface area contributed by atoms with Crippen molar-refractivity contribution in [1.82, 2.24) is 5.32 Å². The summed E-state index contributed by atoms with van der Waals surface area (Å²) in [4.78, 5) is 24.2. The second-order valence-corrected chi connectivity index (χ2v) is 5.83. The Hall–Kier alpha value is -3.09. The molecule has 0 fully saturated rings. The number of rotatable bonds is 8. The number of carbonyl (C=O) groups is 2. The third-order valence-electron chi connectivity index (χ3n) is 3.89. The van der Waals surface area contributed by atoms with Gasteiger partial charge in [0, 0.05) is 18.2 Å². The molecule has 0 aliphatic heterocycles. The van der Waals surface area contributed by atoms with Crippen molar-refractivity contribution in [2.45, 2.75) is 26.0 Å². The van der Waals surface area contributed by atoms with Gasteiger partial charge in [0.15, 0.2) is 6.10 Å². The lowest BCUT2D eigenvalue weighted by Crippen LogP contribution is -2.35. The highest BCUT2D eigenvalue weighted by Gasteiger charge is 2.19. The molecule has 1 amide bonds. The highest BCUT2D eigenvalue weighted by atomic mass is 19.1. The van der Waals surface area contributed by atoms with Gasteiger partial charge in [0.2, 0.25) is 0 Å². The number of hydrogen-bond donors (Lipinski definition) is 1. The van der Waals surface area contributed by atoms with Crippen LogP contribution in [0.15, 0.2) is 42.5 Å². The van der Waals surface area contributed by atoms with Crippen molar-refractivity contribution < 1.29 is 28.2 Å². The minimum Gasteiger partial charge on any atom is -0.497 e. The van der Waals surface area contributed by atoms with Crippen LogP contribution in [0.1, 0.15) is 18.1 Å². The minimum atomic E-state index is -0.956. The Kier molecular flexibility index (Phi) is 7.16. The molecule has 0 unspecified atom stereocenters. The summed E-state index contributed by atoms with van der Waals surface area (Å²) in [6.45, 7) is 1.70. The Morgan fingerprint density at radius 1 is 1.07 bits per heavy atom. The van der Waals surface area contributed by atoms with Gasteiger partial charge in [-0.1, -0.05) is 18.2 Å². The van der Waals surface area contributed by atoms with Crippen molar-refractivity contribution in [3.63, 3.8) is 0 Å². The van der Waals surface area contributed by atoms with E-state index >= 15 is 0 Å². The predicted octanol–water partition coefficient (Wildman–Crippen LogP) is 2.63. The molecule has 2 aromatic rings. The molecule has 0 spiro atoms. The van der Waals surface area contributed by atoms with Gasteiger partial charge in [0.05, 0.1) is 20.6 Å². The molecule has 0 bridgehead atoms. The molecule has 144 valence electrons. The molecule has 27 heavy (non-hydrogen) atoms. The normalized spacial score (nSPS) is 11.4. The van der Waals surface area contributed by atoms with Crippen molar-refractivity contribution in [3.8, 4) is 11.5 Å². The number of benzene rings is 2. The first kappa shape index (κ1) is 20.2. The van der Waals surface area contributed by atoms with Gasteiger partial charge >= 0.3 is 5.97 Å². The fraction of sp³-hybridized carbons (Fsp3) is 0.300. The highest BCUT2D eigenvalue weighted by Crippen LogP contribution is 2.25. The van der Waals surface area contributed by atoms with Gasteiger partial charge in [-0.15, -0.1) is 0 Å². The standard InChI is InChI=1S/C20H22FNO5/c1-13(20(24)22-12-14-4-7-16(21)8-5-14)27-19(23)10-15-6-9-17(25-2)11-18(15)26-3/h4-9,11,13H,10,12H2,1-3H3,(H,22,24)/t13-/m0/s1. The lowest BCUT2D eigenvalue weighted by Gasteiger charge is -2.15. The zero-order chi connectivity index (χ0) is 19.8. The number of amides is 1. The van der Waals surface area contributed by atoms with Crippen LogP contribution in [0.2, 0.25) is 0 Å². The van der Waals surface area contributed by atoms with Crippen LogP contribution in [0.3, 0.4) is 0 Å². The number of halogens is 1. The van der Waals surface area contributed by atoms with Crippen molar-refractivity contribution in [1.29, 1.82) is 0 Å². The molecule has 0 aliphatic carbocycles. The fourth-order valence-corrected chi connectivity index (χ4v) is 2.38. The van der Waals surface area contributed by atoms with E-state index in [9.17, 15) is 14.0 Å². The molecular formula is C20H22FNO5. The third kappa shape index (κ3) is 5.99. The summed E-state index contributed by atoms with van der Waals surface area (Å²) < 4.78 is 28.4. The molecule has 0 aromatic heterocycles. The quantitative estimate of drug-likeness (QED) is 0.718. The molecule has 0 heterocycles. The van der Waals surface area contributed by atoms with Crippen LogP contribution < -0.4 is 14.8 Å². The summed E-state index contributed by atoms with van der Waals surface area (Å²) in [5, 5.41) is 2.65. The fourth-order valence-electron chi connectivity index (χ4n) is 2.38. The van der Waals surface area contributed by atoms with Gasteiger partial charge in [-0.3, -0.25) is 9.59 Å². The van der Waals surface area contributed by atoms with Crippen molar-refractivity contribution in [2.24, 2.45) is 0 Å². The van der Waals surface area contributed by atoms with Crippen LogP contribution in [-0.2, 0) is 27.3 Å². The summed E-state index contributed by atoms with van der Waals surface area (Å²) in [6.07, 6.45) is -0.995. The number of esters is 1. The Morgan fingerprint density at radius 2 is 1.78 bits per heavy atom. The van der Waals surface area contributed by atoms with Crippen molar-refractivity contribution >= 4 is 11.9 Å². The molecule has 0 saturated heterocycles. The van der Waals surface area contributed by atoms with Gasteiger partial charge in [0.25, 0.3) is 5.91 Å². The monoisotopic (exact) mass is 375 g/mol. The zero-order valence-electron chi connectivity index (χ0n) is 15.5. The first-order chi connectivity index (χ1) is 12.9. The van der Waals surface area contributed by atoms with Gasteiger partial charge in [-0.2, -0.15) is 0 Å². The maximum atomic E-state index is 12.9. The second kappa shape index (κ2) is 9.56. The molecule has 2 aromatic carbocycles. The topological polar surface area (TPSA) is 73.9 Å². The average Bonchev–Trinajstić information content (AvgIpc) is 2.67. The van der Waals surface area contributed by atoms with E-state index in [1.807, 2.05) is 0 Å². The van der Waals surface area contributed by atoms with Crippen molar-refractivity contribution in [3.05, 3.63) is 59.4 Å². The molecule has 6 nitrogen and oxygen atoms in total. The first-order valence-electron chi connectivity index (χ1n) is 8.35. The Labute approximate surface area is 157 Å². The molecule has 2 rings (SSSR count). The van der Waals surface area contributed by atoms with Crippen LogP contribution >= 0.6 is 0 Å². The van der Waals surface area contributed by atoms with Crippen molar-refractivity contribution in [2.75, 3.05) is 14.2 Å². The summed E-state index contributed by atoms with van der Waals surface area (Å²) in [5.41, 5.74) is 1.37. The predicted molar refractivity (Wildman–Crippen MR) is 97.1 cm³/mol. The third-order valence-corrected chi connectivity index (χ3v) is 3.89. The van der Waals surface area contributed by atoms with E-state index in [0.29, 0.717) is 17.1 Å². The lowest BCUT2D eigenvalue weighted by atomic mass is 10.1. The molecule has 1 N–H and O–H groups in total. The number of hydrogen-bond acceptors (Lipinski definition) is 5. The molecule has 0 aliphatic rings. The van der Waals surface area contributed by atoms with Gasteiger partial charge in [-0.05, 0) is 30.7 Å². The second-order valence-electron chi connectivity index (χ2n) is 5.83. The van der Waals surface area contributed by atoms with E-state index in [4.69, 9.17) is 14.2 Å². The Morgan fingerprint density at radius 3 is 2.41 bits per heavy atom. The summed E-state index contributed by atoms with van der Waals surface area (Å²) >= 11 is 0. The van der Waals surface area contributed by atoms with E-state index < -0.39 is 18.0 Å². The van der Waals surface area contributed by atoms with Crippen LogP contribution in [0.25, 0.3) is 0 Å². The highest BCUT2D eigenvalue weighted by molar-refractivity contribution is 5.84. The Balaban J connectivity index is 1.87. The number of nitrogens with one attached hydrogen (secondary N) is 1. The van der Waals surface area contributed by atoms with E-state index in [1.165, 1.54) is 33.3 Å². The van der Waals surface area contributed by atoms with E-state index in [1.54, 1.807) is 30.3 Å². The average molecular weight is 375 g/mol. The van der Waals surface area contributed by atoms with Crippen LogP contribution in [0, 0.1) is 5.82 Å². The zero-order valence-corrected chi connectivity index (χ0v) is 15.5. The molecule has 0 saturated carbocycles. The minimum absolute atomic E-state index is 0.0389. The summed E-state index contributed by atoms with van der Waals surface area (Å²) in [7, 11) is 3.03. The maximum absolute atomic E-state index is 12.9. The SMILES string of the molecule is COc1ccc(CC(=O)O[C@@H](C)C(=O)NCc2ccc(F)cc2)c(OC)c1. The molecule has 1 atom stereocenters. The van der Waals surface area contributed by atoms with Gasteiger partial charge in [0.1, 0.15) is 17.3 Å². The van der Waals surface area contributed by atoms with Gasteiger partial charge < -0.3 is 19.5 Å². The number of ether oxygens (including phenoxy) is 3. The van der Waals surface area contributed by atoms with Crippen LogP contribution in [0.4, 0.5) is 4.39 Å². The summed E-state index contributed by atoms with van der Waals surface area (Å²) in [6, 6.07) is 10.9. The Bertz CT molecular complexity index is 791. The largest absolute Gasteiger partial charge is 0.497 e. The smallest absolute Gasteiger partial charge is 0.311 e. The van der Waals surface area contributed by atoms with E-state index in [-0.39, 0.29) is 18.8 Å². The van der Waals surface area contributed by atoms with Crippen LogP contribution in [-0.4, -0.2) is 32.2 Å². The number of carbonyl (C=O) groups excluding carboxylic acids is 2. The molecular weight excluding hydrogens is 353 g/mol. The molecule has 0 radical (unpaired) electrons. The summed E-state index contributed by atoms with van der Waals surface area (Å²) in [5.74, 6) is -0.226. The van der Waals surface area contributed by atoms with Crippen LogP contribution in [0.5, 0.6) is 11.5 Å². The number of methoxy groups -OCH3 is 2. The van der Waals surface area contributed by atoms with E-state index in [2.05, 4.69) is 5.32 Å². The van der Waals surface area contributed by atoms with Gasteiger partial charge in [-0.25, -0.2) is 4.39 Å². The van der Waals surface area contributed by atoms with E-state index in [0.717, 1.165) is 5.56 Å². The molecule has 7 heteroatoms. The lowest BCUT2D eigenvalue weighted by molar-refractivity contribution is -0.154. The first-order valence-corrected chi connectivity index (χ1v) is 8.35. The maximum Gasteiger partial charge on any atom is 0.311 e.